The number of amides is 1. The first kappa shape index (κ1) is 15.3. The highest BCUT2D eigenvalue weighted by Gasteiger charge is 2.29. The Hall–Kier alpha value is -1.11. The van der Waals surface area contributed by atoms with Crippen LogP contribution in [0.25, 0.3) is 0 Å². The minimum atomic E-state index is -0.325. The number of hydrogen-bond donors (Lipinski definition) is 1. The third kappa shape index (κ3) is 3.71. The van der Waals surface area contributed by atoms with Crippen LogP contribution in [0.15, 0.2) is 29.2 Å². The summed E-state index contributed by atoms with van der Waals surface area (Å²) in [5.41, 5.74) is 0. The molecular weight excluding hydrogens is 281 g/mol. The van der Waals surface area contributed by atoms with Gasteiger partial charge in [-0.1, -0.05) is 12.1 Å². The topological polar surface area (TPSA) is 49.8 Å². The summed E-state index contributed by atoms with van der Waals surface area (Å²) >= 11 is 1.19. The zero-order valence-electron chi connectivity index (χ0n) is 11.3. The maximum atomic E-state index is 13.5. The highest BCUT2D eigenvalue weighted by atomic mass is 32.2. The molecule has 4 nitrogen and oxygen atoms in total. The fourth-order valence-electron chi connectivity index (χ4n) is 2.06. The predicted octanol–water partition coefficient (Wildman–Crippen LogP) is 1.53. The average Bonchev–Trinajstić information content (AvgIpc) is 2.46. The highest BCUT2D eigenvalue weighted by molar-refractivity contribution is 8.00. The molecule has 0 aromatic heterocycles. The number of morpholine rings is 1. The van der Waals surface area contributed by atoms with Crippen LogP contribution in [0.4, 0.5) is 4.39 Å². The number of carbonyl (C=O) groups excluding carboxylic acids is 1. The van der Waals surface area contributed by atoms with Crippen LogP contribution in [0.2, 0.25) is 0 Å². The Morgan fingerprint density at radius 1 is 1.55 bits per heavy atom. The van der Waals surface area contributed by atoms with E-state index in [9.17, 15) is 9.18 Å². The number of nitrogens with zero attached hydrogens (tertiary/aromatic N) is 1. The van der Waals surface area contributed by atoms with Crippen LogP contribution in [-0.2, 0) is 9.53 Å². The number of aliphatic hydroxyl groups excluding tert-OH is 1. The van der Waals surface area contributed by atoms with Crippen LogP contribution in [0.3, 0.4) is 0 Å². The SMILES string of the molecule is CC1COC(CO)CN1C(=O)CSc1ccccc1F. The third-order valence-electron chi connectivity index (χ3n) is 3.22. The number of carbonyl (C=O) groups is 1. The minimum Gasteiger partial charge on any atom is -0.394 e. The van der Waals surface area contributed by atoms with Gasteiger partial charge in [0.25, 0.3) is 0 Å². The summed E-state index contributed by atoms with van der Waals surface area (Å²) in [7, 11) is 0. The van der Waals surface area contributed by atoms with Gasteiger partial charge in [-0.25, -0.2) is 4.39 Å². The van der Waals surface area contributed by atoms with Crippen molar-refractivity contribution in [3.05, 3.63) is 30.1 Å². The van der Waals surface area contributed by atoms with E-state index in [-0.39, 0.29) is 36.2 Å². The lowest BCUT2D eigenvalue weighted by molar-refractivity contribution is -0.143. The maximum absolute atomic E-state index is 13.5. The van der Waals surface area contributed by atoms with E-state index >= 15 is 0 Å². The molecule has 20 heavy (non-hydrogen) atoms. The molecule has 1 fully saturated rings. The zero-order valence-corrected chi connectivity index (χ0v) is 12.1. The van der Waals surface area contributed by atoms with Crippen molar-refractivity contribution in [1.29, 1.82) is 0 Å². The molecule has 2 unspecified atom stereocenters. The predicted molar refractivity (Wildman–Crippen MR) is 75.1 cm³/mol. The summed E-state index contributed by atoms with van der Waals surface area (Å²) in [6, 6.07) is 6.39. The van der Waals surface area contributed by atoms with Gasteiger partial charge >= 0.3 is 0 Å². The van der Waals surface area contributed by atoms with Crippen molar-refractivity contribution in [2.75, 3.05) is 25.5 Å². The molecule has 6 heteroatoms. The highest BCUT2D eigenvalue weighted by Crippen LogP contribution is 2.22. The van der Waals surface area contributed by atoms with Gasteiger partial charge in [-0.2, -0.15) is 0 Å². The molecule has 2 atom stereocenters. The Morgan fingerprint density at radius 3 is 3.00 bits per heavy atom. The molecule has 1 aromatic rings. The standard InChI is InChI=1S/C14H18FNO3S/c1-10-8-19-11(7-17)6-16(10)14(18)9-20-13-5-3-2-4-12(13)15/h2-5,10-11,17H,6-9H2,1H3. The van der Waals surface area contributed by atoms with Gasteiger partial charge in [0.15, 0.2) is 0 Å². The smallest absolute Gasteiger partial charge is 0.233 e. The Labute approximate surface area is 121 Å². The van der Waals surface area contributed by atoms with E-state index in [1.54, 1.807) is 23.1 Å². The van der Waals surface area contributed by atoms with E-state index in [0.717, 1.165) is 0 Å². The number of benzene rings is 1. The molecule has 0 spiro atoms. The molecule has 1 aromatic carbocycles. The molecule has 1 N–H and O–H groups in total. The molecule has 1 amide bonds. The van der Waals surface area contributed by atoms with Gasteiger partial charge in [0, 0.05) is 11.4 Å². The van der Waals surface area contributed by atoms with Crippen molar-refractivity contribution in [3.8, 4) is 0 Å². The Bertz CT molecular complexity index is 471. The number of hydrogen-bond acceptors (Lipinski definition) is 4. The second kappa shape index (κ2) is 7.06. The van der Waals surface area contributed by atoms with Gasteiger partial charge < -0.3 is 14.7 Å². The molecule has 0 bridgehead atoms. The van der Waals surface area contributed by atoms with Gasteiger partial charge in [-0.3, -0.25) is 4.79 Å². The van der Waals surface area contributed by atoms with Crippen LogP contribution in [0, 0.1) is 5.82 Å². The van der Waals surface area contributed by atoms with Crippen LogP contribution in [0.5, 0.6) is 0 Å². The average molecular weight is 299 g/mol. The summed E-state index contributed by atoms with van der Waals surface area (Å²) in [6.45, 7) is 2.60. The van der Waals surface area contributed by atoms with Crippen molar-refractivity contribution in [1.82, 2.24) is 4.90 Å². The van der Waals surface area contributed by atoms with Crippen molar-refractivity contribution >= 4 is 17.7 Å². The molecule has 110 valence electrons. The van der Waals surface area contributed by atoms with Crippen molar-refractivity contribution < 1.29 is 19.0 Å². The van der Waals surface area contributed by atoms with E-state index in [2.05, 4.69) is 0 Å². The lowest BCUT2D eigenvalue weighted by atomic mass is 10.2. The summed E-state index contributed by atoms with van der Waals surface area (Å²) < 4.78 is 18.9. The molecular formula is C14H18FNO3S. The largest absolute Gasteiger partial charge is 0.394 e. The van der Waals surface area contributed by atoms with Gasteiger partial charge in [-0.05, 0) is 19.1 Å². The minimum absolute atomic E-state index is 0.0217. The fraction of sp³-hybridized carbons (Fsp3) is 0.500. The van der Waals surface area contributed by atoms with E-state index < -0.39 is 0 Å². The first-order valence-corrected chi connectivity index (χ1v) is 7.49. The summed E-state index contributed by atoms with van der Waals surface area (Å²) in [6.07, 6.45) is -0.325. The number of aliphatic hydroxyl groups is 1. The second-order valence-corrected chi connectivity index (χ2v) is 5.77. The molecule has 0 saturated carbocycles. The van der Waals surface area contributed by atoms with Crippen LogP contribution >= 0.6 is 11.8 Å². The Balaban J connectivity index is 1.92. The van der Waals surface area contributed by atoms with E-state index in [4.69, 9.17) is 9.84 Å². The van der Waals surface area contributed by atoms with E-state index in [1.165, 1.54) is 17.8 Å². The molecule has 2 rings (SSSR count). The second-order valence-electron chi connectivity index (χ2n) is 4.75. The molecule has 0 radical (unpaired) electrons. The van der Waals surface area contributed by atoms with Crippen molar-refractivity contribution in [2.24, 2.45) is 0 Å². The van der Waals surface area contributed by atoms with E-state index in [0.29, 0.717) is 18.0 Å². The van der Waals surface area contributed by atoms with Gasteiger partial charge in [0.1, 0.15) is 5.82 Å². The molecule has 1 aliphatic heterocycles. The Morgan fingerprint density at radius 2 is 2.30 bits per heavy atom. The summed E-state index contributed by atoms with van der Waals surface area (Å²) in [5, 5.41) is 9.10. The van der Waals surface area contributed by atoms with Crippen molar-refractivity contribution in [2.45, 2.75) is 24.0 Å². The van der Waals surface area contributed by atoms with Gasteiger partial charge in [0.05, 0.1) is 31.1 Å². The lowest BCUT2D eigenvalue weighted by Gasteiger charge is -2.37. The zero-order chi connectivity index (χ0) is 14.5. The first-order chi connectivity index (χ1) is 9.61. The first-order valence-electron chi connectivity index (χ1n) is 6.51. The lowest BCUT2D eigenvalue weighted by Crippen LogP contribution is -2.52. The number of halogens is 1. The third-order valence-corrected chi connectivity index (χ3v) is 4.25. The van der Waals surface area contributed by atoms with Crippen LogP contribution in [0.1, 0.15) is 6.92 Å². The van der Waals surface area contributed by atoms with Crippen LogP contribution in [-0.4, -0.2) is 53.6 Å². The van der Waals surface area contributed by atoms with Crippen molar-refractivity contribution in [3.63, 3.8) is 0 Å². The monoisotopic (exact) mass is 299 g/mol. The van der Waals surface area contributed by atoms with Crippen LogP contribution < -0.4 is 0 Å². The maximum Gasteiger partial charge on any atom is 0.233 e. The molecule has 0 aliphatic carbocycles. The van der Waals surface area contributed by atoms with Gasteiger partial charge in [0.2, 0.25) is 5.91 Å². The fourth-order valence-corrected chi connectivity index (χ4v) is 2.89. The summed E-state index contributed by atoms with van der Waals surface area (Å²) in [4.78, 5) is 14.4. The summed E-state index contributed by atoms with van der Waals surface area (Å²) in [5.74, 6) is -0.190. The quantitative estimate of drug-likeness (QED) is 0.857. The molecule has 1 heterocycles. The van der Waals surface area contributed by atoms with Gasteiger partial charge in [-0.15, -0.1) is 11.8 Å². The molecule has 1 aliphatic rings. The normalized spacial score (nSPS) is 22.9. The molecule has 1 saturated heterocycles. The number of ether oxygens (including phenoxy) is 1. The number of thioether (sulfide) groups is 1. The Kier molecular flexibility index (Phi) is 5.39. The number of rotatable bonds is 4. The van der Waals surface area contributed by atoms with E-state index in [1.807, 2.05) is 6.92 Å².